The molecule has 1 aliphatic rings. The monoisotopic (exact) mass is 266 g/mol. The van der Waals surface area contributed by atoms with Crippen molar-refractivity contribution >= 4 is 27.8 Å². The van der Waals surface area contributed by atoms with Gasteiger partial charge in [-0.2, -0.15) is 0 Å². The summed E-state index contributed by atoms with van der Waals surface area (Å²) < 4.78 is 0. The third-order valence-electron chi connectivity index (χ3n) is 3.36. The summed E-state index contributed by atoms with van der Waals surface area (Å²) in [4.78, 5) is 12.6. The fourth-order valence-corrected chi connectivity index (χ4v) is 3.35. The average Bonchev–Trinajstić information content (AvgIpc) is 3.14. The Morgan fingerprint density at radius 3 is 2.72 bits per heavy atom. The van der Waals surface area contributed by atoms with Gasteiger partial charge in [-0.25, -0.2) is 0 Å². The number of hydrogen-bond acceptors (Lipinski definition) is 4. The first kappa shape index (κ1) is 13.4. The number of ketones is 1. The number of nitrogen functional groups attached to an aromatic ring is 1. The molecule has 0 saturated heterocycles. The van der Waals surface area contributed by atoms with Crippen molar-refractivity contribution in [2.24, 2.45) is 0 Å². The Bertz CT molecular complexity index is 435. The van der Waals surface area contributed by atoms with Crippen molar-refractivity contribution < 1.29 is 4.79 Å². The molecule has 0 bridgehead atoms. The highest BCUT2D eigenvalue weighted by atomic mass is 32.1. The lowest BCUT2D eigenvalue weighted by molar-refractivity contribution is 0.0993. The zero-order valence-corrected chi connectivity index (χ0v) is 12.0. The van der Waals surface area contributed by atoms with Crippen molar-refractivity contribution in [1.29, 1.82) is 0 Å². The molecule has 0 atom stereocenters. The summed E-state index contributed by atoms with van der Waals surface area (Å²) >= 11 is 1.55. The summed E-state index contributed by atoms with van der Waals surface area (Å²) in [6, 6.07) is 0. The predicted molar refractivity (Wildman–Crippen MR) is 78.7 cm³/mol. The van der Waals surface area contributed by atoms with Gasteiger partial charge in [0.2, 0.25) is 0 Å². The number of Topliss-reactive ketones (excluding diaryl/α,β-unsaturated/α-hetero) is 1. The molecule has 4 heteroatoms. The molecule has 0 unspecified atom stereocenters. The van der Waals surface area contributed by atoms with Crippen LogP contribution in [0.15, 0.2) is 0 Å². The van der Waals surface area contributed by atoms with Crippen molar-refractivity contribution in [1.82, 2.24) is 0 Å². The smallest absolute Gasteiger partial charge is 0.174 e. The minimum absolute atomic E-state index is 0.169. The van der Waals surface area contributed by atoms with Crippen LogP contribution in [0.1, 0.15) is 67.1 Å². The second kappa shape index (κ2) is 5.74. The molecule has 1 fully saturated rings. The molecule has 1 aromatic heterocycles. The van der Waals surface area contributed by atoms with E-state index in [1.165, 1.54) is 24.8 Å². The first-order valence-electron chi connectivity index (χ1n) is 6.88. The Balaban J connectivity index is 2.23. The van der Waals surface area contributed by atoms with E-state index in [1.54, 1.807) is 11.3 Å². The number of nitrogens with one attached hydrogen (secondary N) is 1. The Labute approximate surface area is 113 Å². The molecule has 1 heterocycles. The molecule has 0 aliphatic heterocycles. The van der Waals surface area contributed by atoms with Gasteiger partial charge >= 0.3 is 0 Å². The minimum Gasteiger partial charge on any atom is -0.397 e. The van der Waals surface area contributed by atoms with E-state index in [2.05, 4.69) is 12.2 Å². The third kappa shape index (κ3) is 2.69. The lowest BCUT2D eigenvalue weighted by atomic mass is 10.1. The maximum absolute atomic E-state index is 11.9. The molecule has 3 nitrogen and oxygen atoms in total. The molecule has 100 valence electrons. The maximum Gasteiger partial charge on any atom is 0.174 e. The van der Waals surface area contributed by atoms with Crippen LogP contribution in [0, 0.1) is 0 Å². The van der Waals surface area contributed by atoms with Crippen LogP contribution in [0.4, 0.5) is 10.7 Å². The summed E-state index contributed by atoms with van der Waals surface area (Å²) in [5.41, 5.74) is 8.13. The molecular formula is C14H22N2OS. The number of rotatable bonds is 7. The van der Waals surface area contributed by atoms with Crippen molar-refractivity contribution in [3.63, 3.8) is 0 Å². The molecule has 1 saturated carbocycles. The van der Waals surface area contributed by atoms with Crippen LogP contribution >= 0.6 is 11.3 Å². The van der Waals surface area contributed by atoms with Crippen molar-refractivity contribution in [3.05, 3.63) is 10.4 Å². The zero-order valence-electron chi connectivity index (χ0n) is 11.2. The molecule has 1 aromatic rings. The van der Waals surface area contributed by atoms with Crippen LogP contribution in [0.25, 0.3) is 0 Å². The van der Waals surface area contributed by atoms with Crippen molar-refractivity contribution in [2.45, 2.75) is 51.9 Å². The molecule has 2 rings (SSSR count). The van der Waals surface area contributed by atoms with Crippen LogP contribution in [0.5, 0.6) is 0 Å². The van der Waals surface area contributed by atoms with E-state index in [4.69, 9.17) is 5.73 Å². The number of thiophene rings is 1. The van der Waals surface area contributed by atoms with Gasteiger partial charge in [-0.1, -0.05) is 20.3 Å². The standard InChI is InChI=1S/C14H22N2OS/c1-3-5-8-16-14-11(9-6-7-9)12(15)13(18-14)10(17)4-2/h9,16H,3-8,15H2,1-2H3. The first-order valence-corrected chi connectivity index (χ1v) is 7.69. The second-order valence-electron chi connectivity index (χ2n) is 4.92. The second-order valence-corrected chi connectivity index (χ2v) is 5.94. The van der Waals surface area contributed by atoms with Crippen molar-refractivity contribution in [3.8, 4) is 0 Å². The summed E-state index contributed by atoms with van der Waals surface area (Å²) in [5, 5.41) is 4.60. The molecule has 0 spiro atoms. The SMILES string of the molecule is CCCCNc1sc(C(=O)CC)c(N)c1C1CC1. The van der Waals surface area contributed by atoms with Gasteiger partial charge in [-0.05, 0) is 25.2 Å². The minimum atomic E-state index is 0.169. The van der Waals surface area contributed by atoms with Crippen LogP contribution in [-0.4, -0.2) is 12.3 Å². The Morgan fingerprint density at radius 1 is 1.44 bits per heavy atom. The van der Waals surface area contributed by atoms with E-state index < -0.39 is 0 Å². The first-order chi connectivity index (χ1) is 8.69. The summed E-state index contributed by atoms with van der Waals surface area (Å²) in [6.45, 7) is 5.04. The molecule has 3 N–H and O–H groups in total. The van der Waals surface area contributed by atoms with Crippen LogP contribution in [0.3, 0.4) is 0 Å². The summed E-state index contributed by atoms with van der Waals surface area (Å²) in [6.07, 6.45) is 5.28. The topological polar surface area (TPSA) is 55.1 Å². The van der Waals surface area contributed by atoms with Gasteiger partial charge in [-0.3, -0.25) is 4.79 Å². The lowest BCUT2D eigenvalue weighted by Gasteiger charge is -2.06. The van der Waals surface area contributed by atoms with E-state index in [0.717, 1.165) is 28.5 Å². The van der Waals surface area contributed by atoms with Crippen LogP contribution in [0.2, 0.25) is 0 Å². The summed E-state index contributed by atoms with van der Waals surface area (Å²) in [7, 11) is 0. The molecule has 0 amide bonds. The van der Waals surface area contributed by atoms with E-state index >= 15 is 0 Å². The van der Waals surface area contributed by atoms with Gasteiger partial charge < -0.3 is 11.1 Å². The number of nitrogens with two attached hydrogens (primary N) is 1. The lowest BCUT2D eigenvalue weighted by Crippen LogP contribution is -2.02. The third-order valence-corrected chi connectivity index (χ3v) is 4.58. The van der Waals surface area contributed by atoms with Crippen LogP contribution < -0.4 is 11.1 Å². The fraction of sp³-hybridized carbons (Fsp3) is 0.643. The van der Waals surface area contributed by atoms with Gasteiger partial charge in [0.15, 0.2) is 5.78 Å². The Kier molecular flexibility index (Phi) is 4.27. The van der Waals surface area contributed by atoms with Gasteiger partial charge in [0.25, 0.3) is 0 Å². The van der Waals surface area contributed by atoms with E-state index in [0.29, 0.717) is 12.3 Å². The summed E-state index contributed by atoms with van der Waals surface area (Å²) in [5.74, 6) is 0.756. The van der Waals surface area contributed by atoms with Gasteiger partial charge in [-0.15, -0.1) is 11.3 Å². The molecule has 1 aliphatic carbocycles. The number of anilines is 2. The highest BCUT2D eigenvalue weighted by Gasteiger charge is 2.32. The van der Waals surface area contributed by atoms with E-state index in [-0.39, 0.29) is 5.78 Å². The average molecular weight is 266 g/mol. The van der Waals surface area contributed by atoms with E-state index in [9.17, 15) is 4.79 Å². The van der Waals surface area contributed by atoms with Gasteiger partial charge in [0.05, 0.1) is 15.6 Å². The number of carbonyl (C=O) groups is 1. The largest absolute Gasteiger partial charge is 0.397 e. The highest BCUT2D eigenvalue weighted by Crippen LogP contribution is 2.51. The number of unbranched alkanes of at least 4 members (excludes halogenated alkanes) is 1. The molecule has 0 aromatic carbocycles. The number of hydrogen-bond donors (Lipinski definition) is 2. The zero-order chi connectivity index (χ0) is 13.1. The van der Waals surface area contributed by atoms with Crippen molar-refractivity contribution in [2.75, 3.05) is 17.6 Å². The molecule has 0 radical (unpaired) electrons. The fourth-order valence-electron chi connectivity index (χ4n) is 2.11. The van der Waals surface area contributed by atoms with Gasteiger partial charge in [0, 0.05) is 18.5 Å². The molecular weight excluding hydrogens is 244 g/mol. The quantitative estimate of drug-likeness (QED) is 0.579. The van der Waals surface area contributed by atoms with Crippen LogP contribution in [-0.2, 0) is 0 Å². The maximum atomic E-state index is 11.9. The molecule has 18 heavy (non-hydrogen) atoms. The highest BCUT2D eigenvalue weighted by molar-refractivity contribution is 7.18. The Hall–Kier alpha value is -1.03. The van der Waals surface area contributed by atoms with Gasteiger partial charge in [0.1, 0.15) is 0 Å². The predicted octanol–water partition coefficient (Wildman–Crippen LogP) is 4.01. The number of carbonyl (C=O) groups excluding carboxylic acids is 1. The van der Waals surface area contributed by atoms with E-state index in [1.807, 2.05) is 6.92 Å². The normalized spacial score (nSPS) is 14.8. The Morgan fingerprint density at radius 2 is 2.17 bits per heavy atom.